The third-order valence-corrected chi connectivity index (χ3v) is 7.32. The van der Waals surface area contributed by atoms with E-state index in [1.165, 1.54) is 56.9 Å². The van der Waals surface area contributed by atoms with Gasteiger partial charge in [-0.1, -0.05) is 84.3 Å². The average Bonchev–Trinajstić information content (AvgIpc) is 2.75. The van der Waals surface area contributed by atoms with Crippen LogP contribution in [0.1, 0.15) is 98.8 Å². The largest absolute Gasteiger partial charge is 0.481 e. The molecule has 0 aliphatic rings. The molecule has 198 valence electrons. The zero-order valence-corrected chi connectivity index (χ0v) is 23.2. The minimum Gasteiger partial charge on any atom is -0.481 e. The average molecular weight is 499 g/mol. The second-order valence-electron chi connectivity index (χ2n) is 10.4. The SMILES string of the molecule is C/C(=C\CSCC(CC(=O)COCC=O)C(=O)O)CCCC(C)CCCC(C)CCCC(C)C. The summed E-state index contributed by atoms with van der Waals surface area (Å²) in [6.07, 6.45) is 14.3. The van der Waals surface area contributed by atoms with Crippen molar-refractivity contribution in [2.24, 2.45) is 23.7 Å². The minimum atomic E-state index is -0.962. The highest BCUT2D eigenvalue weighted by Gasteiger charge is 2.21. The molecule has 0 aromatic heterocycles. The maximum absolute atomic E-state index is 11.8. The van der Waals surface area contributed by atoms with Gasteiger partial charge in [-0.05, 0) is 37.5 Å². The lowest BCUT2D eigenvalue weighted by molar-refractivity contribution is -0.143. The van der Waals surface area contributed by atoms with Crippen LogP contribution in [0, 0.1) is 23.7 Å². The van der Waals surface area contributed by atoms with E-state index in [1.807, 2.05) is 0 Å². The molecule has 34 heavy (non-hydrogen) atoms. The highest BCUT2D eigenvalue weighted by Crippen LogP contribution is 2.22. The number of hydrogen-bond donors (Lipinski definition) is 1. The maximum Gasteiger partial charge on any atom is 0.307 e. The van der Waals surface area contributed by atoms with E-state index >= 15 is 0 Å². The Hall–Kier alpha value is -1.14. The molecule has 0 rings (SSSR count). The molecular weight excluding hydrogens is 448 g/mol. The minimum absolute atomic E-state index is 0.0570. The van der Waals surface area contributed by atoms with Crippen molar-refractivity contribution in [2.75, 3.05) is 24.7 Å². The van der Waals surface area contributed by atoms with Gasteiger partial charge in [0.25, 0.3) is 0 Å². The van der Waals surface area contributed by atoms with Gasteiger partial charge < -0.3 is 14.6 Å². The Morgan fingerprint density at radius 1 is 0.941 bits per heavy atom. The molecule has 3 unspecified atom stereocenters. The van der Waals surface area contributed by atoms with E-state index < -0.39 is 11.9 Å². The molecule has 0 spiro atoms. The monoisotopic (exact) mass is 498 g/mol. The Bertz CT molecular complexity index is 587. The molecular formula is C28H50O5S. The summed E-state index contributed by atoms with van der Waals surface area (Å²) in [6.45, 7) is 11.2. The van der Waals surface area contributed by atoms with E-state index in [1.54, 1.807) is 11.8 Å². The van der Waals surface area contributed by atoms with Gasteiger partial charge >= 0.3 is 5.97 Å². The van der Waals surface area contributed by atoms with Crippen LogP contribution in [0.2, 0.25) is 0 Å². The van der Waals surface area contributed by atoms with E-state index in [2.05, 4.69) is 40.7 Å². The summed E-state index contributed by atoms with van der Waals surface area (Å²) >= 11 is 1.54. The molecule has 3 atom stereocenters. The Kier molecular flexibility index (Phi) is 20.5. The van der Waals surface area contributed by atoms with Crippen molar-refractivity contribution in [1.29, 1.82) is 0 Å². The molecule has 0 aliphatic carbocycles. The van der Waals surface area contributed by atoms with Crippen molar-refractivity contribution in [3.63, 3.8) is 0 Å². The first-order chi connectivity index (χ1) is 16.1. The van der Waals surface area contributed by atoms with Crippen molar-refractivity contribution in [3.8, 4) is 0 Å². The molecule has 0 aromatic rings. The molecule has 0 amide bonds. The number of carbonyl (C=O) groups is 3. The lowest BCUT2D eigenvalue weighted by Crippen LogP contribution is -2.23. The number of rotatable bonds is 23. The van der Waals surface area contributed by atoms with Crippen LogP contribution < -0.4 is 0 Å². The Morgan fingerprint density at radius 2 is 1.53 bits per heavy atom. The number of hydrogen-bond acceptors (Lipinski definition) is 5. The van der Waals surface area contributed by atoms with Gasteiger partial charge in [-0.15, -0.1) is 0 Å². The zero-order chi connectivity index (χ0) is 25.8. The lowest BCUT2D eigenvalue weighted by Gasteiger charge is -2.15. The number of Topliss-reactive ketones (excluding diaryl/α,β-unsaturated/α-hetero) is 1. The summed E-state index contributed by atoms with van der Waals surface area (Å²) in [4.78, 5) is 33.4. The normalized spacial score (nSPS) is 14.7. The Balaban J connectivity index is 3.96. The van der Waals surface area contributed by atoms with Gasteiger partial charge in [0.15, 0.2) is 5.78 Å². The molecule has 0 fully saturated rings. The number of carboxylic acid groups (broad SMARTS) is 1. The summed E-state index contributed by atoms with van der Waals surface area (Å²) < 4.78 is 4.86. The summed E-state index contributed by atoms with van der Waals surface area (Å²) in [6, 6.07) is 0. The van der Waals surface area contributed by atoms with Crippen LogP contribution in [0.5, 0.6) is 0 Å². The number of aliphatic carboxylic acids is 1. The molecule has 6 heteroatoms. The number of aldehydes is 1. The lowest BCUT2D eigenvalue weighted by atomic mass is 9.91. The molecule has 0 heterocycles. The van der Waals surface area contributed by atoms with Crippen molar-refractivity contribution in [2.45, 2.75) is 98.8 Å². The zero-order valence-electron chi connectivity index (χ0n) is 22.4. The molecule has 0 aromatic carbocycles. The summed E-state index contributed by atoms with van der Waals surface area (Å²) in [7, 11) is 0. The quantitative estimate of drug-likeness (QED) is 0.0929. The maximum atomic E-state index is 11.8. The van der Waals surface area contributed by atoms with Crippen LogP contribution in [-0.2, 0) is 19.1 Å². The molecule has 0 radical (unpaired) electrons. The number of carboxylic acids is 1. The van der Waals surface area contributed by atoms with Crippen LogP contribution in [0.25, 0.3) is 0 Å². The van der Waals surface area contributed by atoms with Crippen LogP contribution in [0.15, 0.2) is 11.6 Å². The number of thioether (sulfide) groups is 1. The van der Waals surface area contributed by atoms with Crippen LogP contribution in [-0.4, -0.2) is 47.9 Å². The summed E-state index contributed by atoms with van der Waals surface area (Å²) in [5.74, 6) is 1.64. The fourth-order valence-electron chi connectivity index (χ4n) is 3.99. The first-order valence-corrected chi connectivity index (χ1v) is 14.3. The van der Waals surface area contributed by atoms with E-state index in [-0.39, 0.29) is 25.4 Å². The van der Waals surface area contributed by atoms with Gasteiger partial charge in [-0.3, -0.25) is 9.59 Å². The first kappa shape index (κ1) is 32.9. The van der Waals surface area contributed by atoms with Gasteiger partial charge in [0, 0.05) is 17.9 Å². The van der Waals surface area contributed by atoms with Crippen molar-refractivity contribution in [3.05, 3.63) is 11.6 Å². The second kappa shape index (κ2) is 21.2. The van der Waals surface area contributed by atoms with E-state index in [0.29, 0.717) is 12.0 Å². The van der Waals surface area contributed by atoms with Crippen LogP contribution in [0.3, 0.4) is 0 Å². The van der Waals surface area contributed by atoms with Gasteiger partial charge in [-0.25, -0.2) is 0 Å². The number of ketones is 1. The number of carbonyl (C=O) groups excluding carboxylic acids is 2. The topological polar surface area (TPSA) is 80.7 Å². The van der Waals surface area contributed by atoms with Crippen LogP contribution >= 0.6 is 11.8 Å². The Morgan fingerprint density at radius 3 is 2.09 bits per heavy atom. The van der Waals surface area contributed by atoms with Crippen molar-refractivity contribution >= 4 is 29.8 Å². The smallest absolute Gasteiger partial charge is 0.307 e. The fourth-order valence-corrected chi connectivity index (χ4v) is 5.08. The molecule has 0 saturated heterocycles. The highest BCUT2D eigenvalue weighted by molar-refractivity contribution is 7.99. The molecule has 0 bridgehead atoms. The first-order valence-electron chi connectivity index (χ1n) is 13.1. The van der Waals surface area contributed by atoms with E-state index in [0.717, 1.165) is 29.9 Å². The van der Waals surface area contributed by atoms with E-state index in [9.17, 15) is 19.5 Å². The molecule has 1 N–H and O–H groups in total. The Labute approximate surface area is 212 Å². The van der Waals surface area contributed by atoms with Gasteiger partial charge in [0.1, 0.15) is 19.5 Å². The van der Waals surface area contributed by atoms with E-state index in [4.69, 9.17) is 4.74 Å². The molecule has 0 aliphatic heterocycles. The standard InChI is InChI=1S/C28H50O5S/c1-22(2)9-6-10-23(3)11-7-12-24(4)13-8-14-25(5)15-18-34-21-26(28(31)32)19-27(30)20-33-17-16-29/h15-16,22-24,26H,6-14,17-21H2,1-5H3,(H,31,32)/b25-15+. The summed E-state index contributed by atoms with van der Waals surface area (Å²) in [5.41, 5.74) is 1.35. The van der Waals surface area contributed by atoms with Gasteiger partial charge in [-0.2, -0.15) is 11.8 Å². The third kappa shape index (κ3) is 20.3. The molecule has 0 saturated carbocycles. The van der Waals surface area contributed by atoms with Crippen molar-refractivity contribution in [1.82, 2.24) is 0 Å². The van der Waals surface area contributed by atoms with Gasteiger partial charge in [0.2, 0.25) is 0 Å². The number of ether oxygens (including phenoxy) is 1. The van der Waals surface area contributed by atoms with Gasteiger partial charge in [0.05, 0.1) is 5.92 Å². The highest BCUT2D eigenvalue weighted by atomic mass is 32.2. The third-order valence-electron chi connectivity index (χ3n) is 6.28. The van der Waals surface area contributed by atoms with Crippen molar-refractivity contribution < 1.29 is 24.2 Å². The fraction of sp³-hybridized carbons (Fsp3) is 0.821. The predicted molar refractivity (Wildman–Crippen MR) is 143 cm³/mol. The number of allylic oxidation sites excluding steroid dienone is 1. The van der Waals surface area contributed by atoms with Crippen LogP contribution in [0.4, 0.5) is 0 Å². The second-order valence-corrected chi connectivity index (χ2v) is 11.5. The predicted octanol–water partition coefficient (Wildman–Crippen LogP) is 6.98. The summed E-state index contributed by atoms with van der Waals surface area (Å²) in [5, 5.41) is 9.34. The molecule has 5 nitrogen and oxygen atoms in total.